The van der Waals surface area contributed by atoms with E-state index in [9.17, 15) is 13.2 Å². The third-order valence-electron chi connectivity index (χ3n) is 3.68. The van der Waals surface area contributed by atoms with Crippen molar-refractivity contribution in [2.75, 3.05) is 6.54 Å². The highest BCUT2D eigenvalue weighted by molar-refractivity contribution is 7.88. The highest BCUT2D eigenvalue weighted by Crippen LogP contribution is 2.15. The van der Waals surface area contributed by atoms with Crippen LogP contribution in [0.5, 0.6) is 0 Å². The number of primary sulfonamides is 1. The van der Waals surface area contributed by atoms with E-state index in [1.54, 1.807) is 18.2 Å². The molecule has 126 valence electrons. The summed E-state index contributed by atoms with van der Waals surface area (Å²) in [5, 5.41) is 7.96. The summed E-state index contributed by atoms with van der Waals surface area (Å²) in [6.07, 6.45) is 1.45. The fraction of sp³-hybridized carbons (Fsp3) is 0.500. The lowest BCUT2D eigenvalue weighted by atomic mass is 9.92. The molecule has 5 N–H and O–H groups in total. The van der Waals surface area contributed by atoms with Gasteiger partial charge in [-0.3, -0.25) is 4.79 Å². The highest BCUT2D eigenvalue weighted by atomic mass is 35.5. The average molecular weight is 350 g/mol. The second kappa shape index (κ2) is 8.47. The third-order valence-corrected chi connectivity index (χ3v) is 4.42. The Hall–Kier alpha value is -1.15. The molecular weight excluding hydrogens is 326 g/mol. The number of hydrogen-bond acceptors (Lipinski definition) is 4. The lowest BCUT2D eigenvalue weighted by molar-refractivity contribution is 0.0895. The molecule has 1 aromatic rings. The lowest BCUT2D eigenvalue weighted by Crippen LogP contribution is -2.52. The summed E-state index contributed by atoms with van der Waals surface area (Å²) in [4.78, 5) is 12.3. The molecule has 0 bridgehead atoms. The molecule has 1 rings (SSSR count). The molecule has 0 fully saturated rings. The molecule has 6 nitrogen and oxygen atoms in total. The smallest absolute Gasteiger partial charge is 0.251 e. The fourth-order valence-corrected chi connectivity index (χ4v) is 2.76. The number of rotatable bonds is 7. The Kier molecular flexibility index (Phi) is 8.03. The fourth-order valence-electron chi connectivity index (χ4n) is 2.11. The van der Waals surface area contributed by atoms with Gasteiger partial charge < -0.3 is 11.1 Å². The third kappa shape index (κ3) is 5.92. The van der Waals surface area contributed by atoms with Crippen LogP contribution in [-0.2, 0) is 15.8 Å². The van der Waals surface area contributed by atoms with Gasteiger partial charge >= 0.3 is 0 Å². The van der Waals surface area contributed by atoms with E-state index in [4.69, 9.17) is 10.9 Å². The Morgan fingerprint density at radius 2 is 1.86 bits per heavy atom. The maximum Gasteiger partial charge on any atom is 0.251 e. The van der Waals surface area contributed by atoms with Gasteiger partial charge in [-0.2, -0.15) is 0 Å². The van der Waals surface area contributed by atoms with E-state index < -0.39 is 15.6 Å². The van der Waals surface area contributed by atoms with Gasteiger partial charge in [0.2, 0.25) is 10.0 Å². The molecule has 0 radical (unpaired) electrons. The summed E-state index contributed by atoms with van der Waals surface area (Å²) in [6.45, 7) is 4.28. The molecular formula is C14H24ClN3O3S. The molecule has 0 atom stereocenters. The van der Waals surface area contributed by atoms with Crippen molar-refractivity contribution in [2.45, 2.75) is 38.0 Å². The first-order valence-corrected chi connectivity index (χ1v) is 8.59. The van der Waals surface area contributed by atoms with Crippen molar-refractivity contribution in [3.8, 4) is 0 Å². The average Bonchev–Trinajstić information content (AvgIpc) is 2.43. The summed E-state index contributed by atoms with van der Waals surface area (Å²) < 4.78 is 22.2. The van der Waals surface area contributed by atoms with E-state index in [-0.39, 0.29) is 24.1 Å². The zero-order valence-corrected chi connectivity index (χ0v) is 14.5. The van der Waals surface area contributed by atoms with E-state index in [2.05, 4.69) is 5.32 Å². The zero-order valence-electron chi connectivity index (χ0n) is 12.8. The molecule has 0 aliphatic carbocycles. The van der Waals surface area contributed by atoms with Crippen LogP contribution in [0.25, 0.3) is 0 Å². The van der Waals surface area contributed by atoms with Gasteiger partial charge in [-0.05, 0) is 30.5 Å². The quantitative estimate of drug-likeness (QED) is 0.684. The van der Waals surface area contributed by atoms with Crippen LogP contribution in [0, 0.1) is 0 Å². The van der Waals surface area contributed by atoms with Crippen LogP contribution in [0.15, 0.2) is 24.3 Å². The molecule has 8 heteroatoms. The number of carbonyl (C=O) groups is 1. The van der Waals surface area contributed by atoms with Crippen LogP contribution in [0.1, 0.15) is 42.6 Å². The summed E-state index contributed by atoms with van der Waals surface area (Å²) in [5.41, 5.74) is 6.20. The summed E-state index contributed by atoms with van der Waals surface area (Å²) in [6, 6.07) is 6.43. The van der Waals surface area contributed by atoms with Gasteiger partial charge in [-0.15, -0.1) is 12.4 Å². The van der Waals surface area contributed by atoms with E-state index in [1.807, 2.05) is 13.8 Å². The first-order chi connectivity index (χ1) is 9.75. The normalized spacial score (nSPS) is 11.6. The van der Waals surface area contributed by atoms with Gasteiger partial charge in [0.25, 0.3) is 5.91 Å². The minimum Gasteiger partial charge on any atom is -0.345 e. The molecule has 0 heterocycles. The van der Waals surface area contributed by atoms with Crippen molar-refractivity contribution in [1.29, 1.82) is 0 Å². The molecule has 0 aromatic heterocycles. The monoisotopic (exact) mass is 349 g/mol. The van der Waals surface area contributed by atoms with E-state index >= 15 is 0 Å². The molecule has 0 aliphatic rings. The second-order valence-electron chi connectivity index (χ2n) is 5.15. The first kappa shape index (κ1) is 20.9. The Labute approximate surface area is 138 Å². The van der Waals surface area contributed by atoms with Crippen LogP contribution in [0.2, 0.25) is 0 Å². The van der Waals surface area contributed by atoms with Crippen molar-refractivity contribution in [3.63, 3.8) is 0 Å². The molecule has 0 spiro atoms. The van der Waals surface area contributed by atoms with Crippen molar-refractivity contribution >= 4 is 28.3 Å². The van der Waals surface area contributed by atoms with Crippen molar-refractivity contribution in [3.05, 3.63) is 35.4 Å². The maximum atomic E-state index is 12.3. The van der Waals surface area contributed by atoms with Crippen LogP contribution in [-0.4, -0.2) is 26.4 Å². The van der Waals surface area contributed by atoms with Crippen molar-refractivity contribution in [1.82, 2.24) is 5.32 Å². The number of amides is 1. The van der Waals surface area contributed by atoms with Gasteiger partial charge in [0.15, 0.2) is 0 Å². The maximum absolute atomic E-state index is 12.3. The zero-order chi connectivity index (χ0) is 16.1. The van der Waals surface area contributed by atoms with E-state index in [1.165, 1.54) is 6.07 Å². The largest absolute Gasteiger partial charge is 0.345 e. The standard InChI is InChI=1S/C14H23N3O3S.ClH/c1-3-14(4-2,10-15)17-13(18)12-7-5-6-11(8-12)9-21(16,19)20;/h5-8H,3-4,9-10,15H2,1-2H3,(H,17,18)(H2,16,19,20);1H. The van der Waals surface area contributed by atoms with E-state index in [0.29, 0.717) is 17.7 Å². The van der Waals surface area contributed by atoms with Crippen molar-refractivity contribution in [2.24, 2.45) is 10.9 Å². The number of benzene rings is 1. The number of nitrogens with one attached hydrogen (secondary N) is 1. The molecule has 0 unspecified atom stereocenters. The highest BCUT2D eigenvalue weighted by Gasteiger charge is 2.26. The van der Waals surface area contributed by atoms with Gasteiger partial charge in [0.1, 0.15) is 0 Å². The predicted molar refractivity (Wildman–Crippen MR) is 90.3 cm³/mol. The first-order valence-electron chi connectivity index (χ1n) is 6.87. The lowest BCUT2D eigenvalue weighted by Gasteiger charge is -2.31. The molecule has 0 aliphatic heterocycles. The molecule has 0 saturated carbocycles. The summed E-state index contributed by atoms with van der Waals surface area (Å²) >= 11 is 0. The topological polar surface area (TPSA) is 115 Å². The SMILES string of the molecule is CCC(CC)(CN)NC(=O)c1cccc(CS(N)(=O)=O)c1.Cl. The van der Waals surface area contributed by atoms with Gasteiger partial charge in [-0.25, -0.2) is 13.6 Å². The van der Waals surface area contributed by atoms with Crippen LogP contribution >= 0.6 is 12.4 Å². The Balaban J connectivity index is 0.00000441. The van der Waals surface area contributed by atoms with Gasteiger partial charge in [0, 0.05) is 12.1 Å². The second-order valence-corrected chi connectivity index (χ2v) is 6.77. The predicted octanol–water partition coefficient (Wildman–Crippen LogP) is 1.14. The molecule has 1 aromatic carbocycles. The Morgan fingerprint density at radius 3 is 2.32 bits per heavy atom. The van der Waals surface area contributed by atoms with Crippen LogP contribution in [0.3, 0.4) is 0 Å². The molecule has 1 amide bonds. The number of sulfonamides is 1. The van der Waals surface area contributed by atoms with Crippen LogP contribution < -0.4 is 16.2 Å². The van der Waals surface area contributed by atoms with Gasteiger partial charge in [-0.1, -0.05) is 26.0 Å². The summed E-state index contributed by atoms with van der Waals surface area (Å²) in [5.74, 6) is -0.557. The Bertz CT molecular complexity index is 593. The Morgan fingerprint density at radius 1 is 1.27 bits per heavy atom. The van der Waals surface area contributed by atoms with Gasteiger partial charge in [0.05, 0.1) is 11.3 Å². The molecule has 22 heavy (non-hydrogen) atoms. The molecule has 0 saturated heterocycles. The van der Waals surface area contributed by atoms with Crippen LogP contribution in [0.4, 0.5) is 0 Å². The minimum absolute atomic E-state index is 0. The number of halogens is 1. The number of hydrogen-bond donors (Lipinski definition) is 3. The minimum atomic E-state index is -3.62. The number of carbonyl (C=O) groups excluding carboxylic acids is 1. The van der Waals surface area contributed by atoms with Crippen molar-refractivity contribution < 1.29 is 13.2 Å². The number of nitrogens with two attached hydrogens (primary N) is 2. The summed E-state index contributed by atoms with van der Waals surface area (Å²) in [7, 11) is -3.62. The van der Waals surface area contributed by atoms with E-state index in [0.717, 1.165) is 12.8 Å².